The second-order valence-electron chi connectivity index (χ2n) is 6.94. The number of hydrogen-bond acceptors (Lipinski definition) is 5. The van der Waals surface area contributed by atoms with E-state index in [2.05, 4.69) is 39.3 Å². The fourth-order valence-corrected chi connectivity index (χ4v) is 3.37. The zero-order valence-electron chi connectivity index (χ0n) is 15.1. The fraction of sp³-hybridized carbons (Fsp3) is 0.333. The van der Waals surface area contributed by atoms with Crippen LogP contribution < -0.4 is 10.6 Å². The number of hydrogen-bond donors (Lipinski definition) is 1. The summed E-state index contributed by atoms with van der Waals surface area (Å²) in [6, 6.07) is 16.0. The Labute approximate surface area is 153 Å². The van der Waals surface area contributed by atoms with Crippen molar-refractivity contribution in [3.8, 4) is 11.4 Å². The second kappa shape index (κ2) is 7.30. The molecule has 4 rings (SSSR count). The SMILES string of the molecule is Cc1ccc(C(N)c2nc(-c3ccc(N4CCCCC4)cc3)no2)cc1. The fourth-order valence-electron chi connectivity index (χ4n) is 3.37. The highest BCUT2D eigenvalue weighted by Gasteiger charge is 2.18. The van der Waals surface area contributed by atoms with Crippen LogP contribution in [0.1, 0.15) is 42.3 Å². The molecule has 2 heterocycles. The predicted molar refractivity (Wildman–Crippen MR) is 103 cm³/mol. The molecule has 1 saturated heterocycles. The minimum atomic E-state index is -0.413. The lowest BCUT2D eigenvalue weighted by Gasteiger charge is -2.28. The monoisotopic (exact) mass is 348 g/mol. The molecule has 0 aliphatic carbocycles. The molecule has 26 heavy (non-hydrogen) atoms. The van der Waals surface area contributed by atoms with Crippen molar-refractivity contribution in [3.63, 3.8) is 0 Å². The average Bonchev–Trinajstić information content (AvgIpc) is 3.19. The summed E-state index contributed by atoms with van der Waals surface area (Å²) < 4.78 is 5.42. The van der Waals surface area contributed by atoms with E-state index in [0.717, 1.165) is 24.2 Å². The summed E-state index contributed by atoms with van der Waals surface area (Å²) in [4.78, 5) is 6.94. The Morgan fingerprint density at radius 1 is 0.962 bits per heavy atom. The largest absolute Gasteiger partial charge is 0.372 e. The lowest BCUT2D eigenvalue weighted by molar-refractivity contribution is 0.367. The maximum absolute atomic E-state index is 6.28. The average molecular weight is 348 g/mol. The molecule has 0 bridgehead atoms. The van der Waals surface area contributed by atoms with Gasteiger partial charge >= 0.3 is 0 Å². The molecule has 0 saturated carbocycles. The molecule has 0 radical (unpaired) electrons. The molecule has 1 aliphatic heterocycles. The molecule has 0 spiro atoms. The third kappa shape index (κ3) is 3.48. The van der Waals surface area contributed by atoms with Crippen LogP contribution >= 0.6 is 0 Å². The van der Waals surface area contributed by atoms with Crippen LogP contribution in [0.4, 0.5) is 5.69 Å². The number of benzene rings is 2. The van der Waals surface area contributed by atoms with E-state index < -0.39 is 6.04 Å². The lowest BCUT2D eigenvalue weighted by atomic mass is 10.1. The molecule has 5 heteroatoms. The minimum Gasteiger partial charge on any atom is -0.372 e. The van der Waals surface area contributed by atoms with Crippen molar-refractivity contribution in [2.45, 2.75) is 32.2 Å². The standard InChI is InChI=1S/C21H24N4O/c1-15-5-7-16(8-6-15)19(22)21-23-20(24-26-21)17-9-11-18(12-10-17)25-13-3-2-4-14-25/h5-12,19H,2-4,13-14,22H2,1H3. The number of anilines is 1. The number of nitrogens with two attached hydrogens (primary N) is 1. The molecule has 5 nitrogen and oxygen atoms in total. The highest BCUT2D eigenvalue weighted by molar-refractivity contribution is 5.60. The Hall–Kier alpha value is -2.66. The summed E-state index contributed by atoms with van der Waals surface area (Å²) in [5, 5.41) is 4.11. The summed E-state index contributed by atoms with van der Waals surface area (Å²) in [6.45, 7) is 4.32. The van der Waals surface area contributed by atoms with Crippen LogP contribution in [0.15, 0.2) is 53.1 Å². The van der Waals surface area contributed by atoms with Crippen LogP contribution in [0.5, 0.6) is 0 Å². The number of aryl methyl sites for hydroxylation is 1. The summed E-state index contributed by atoms with van der Waals surface area (Å²) in [7, 11) is 0. The Morgan fingerprint density at radius 3 is 2.35 bits per heavy atom. The van der Waals surface area contributed by atoms with Gasteiger partial charge in [0.15, 0.2) is 0 Å². The van der Waals surface area contributed by atoms with Crippen molar-refractivity contribution in [2.24, 2.45) is 5.73 Å². The van der Waals surface area contributed by atoms with Gasteiger partial charge in [0.05, 0.1) is 0 Å². The van der Waals surface area contributed by atoms with Crippen LogP contribution in [0.25, 0.3) is 11.4 Å². The molecule has 1 atom stereocenters. The van der Waals surface area contributed by atoms with E-state index in [-0.39, 0.29) is 0 Å². The van der Waals surface area contributed by atoms with E-state index in [1.54, 1.807) is 0 Å². The van der Waals surface area contributed by atoms with Crippen LogP contribution in [0.3, 0.4) is 0 Å². The van der Waals surface area contributed by atoms with Crippen molar-refractivity contribution in [1.82, 2.24) is 10.1 Å². The lowest BCUT2D eigenvalue weighted by Crippen LogP contribution is -2.29. The number of aromatic nitrogens is 2. The highest BCUT2D eigenvalue weighted by atomic mass is 16.5. The smallest absolute Gasteiger partial charge is 0.248 e. The first kappa shape index (κ1) is 16.8. The molecule has 2 aromatic carbocycles. The maximum atomic E-state index is 6.28. The molecule has 3 aromatic rings. The number of rotatable bonds is 4. The molecule has 134 valence electrons. The molecular formula is C21H24N4O. The molecule has 0 amide bonds. The van der Waals surface area contributed by atoms with E-state index in [9.17, 15) is 0 Å². The number of nitrogens with zero attached hydrogens (tertiary/aromatic N) is 3. The Kier molecular flexibility index (Phi) is 4.71. The quantitative estimate of drug-likeness (QED) is 0.769. The van der Waals surface area contributed by atoms with Gasteiger partial charge in [0.1, 0.15) is 6.04 Å². The van der Waals surface area contributed by atoms with Gasteiger partial charge in [0, 0.05) is 24.3 Å². The van der Waals surface area contributed by atoms with Gasteiger partial charge in [-0.05, 0) is 56.0 Å². The van der Waals surface area contributed by atoms with Gasteiger partial charge in [-0.15, -0.1) is 0 Å². The first-order chi connectivity index (χ1) is 12.7. The van der Waals surface area contributed by atoms with Gasteiger partial charge in [-0.3, -0.25) is 0 Å². The van der Waals surface area contributed by atoms with Crippen molar-refractivity contribution in [2.75, 3.05) is 18.0 Å². The molecule has 2 N–H and O–H groups in total. The third-order valence-electron chi connectivity index (χ3n) is 4.99. The second-order valence-corrected chi connectivity index (χ2v) is 6.94. The summed E-state index contributed by atoms with van der Waals surface area (Å²) in [5.41, 5.74) is 10.6. The minimum absolute atomic E-state index is 0.413. The maximum Gasteiger partial charge on any atom is 0.248 e. The predicted octanol–water partition coefficient (Wildman–Crippen LogP) is 4.08. The molecule has 1 unspecified atom stereocenters. The first-order valence-corrected chi connectivity index (χ1v) is 9.22. The van der Waals surface area contributed by atoms with Gasteiger partial charge in [0.25, 0.3) is 0 Å². The summed E-state index contributed by atoms with van der Waals surface area (Å²) in [5.74, 6) is 1.01. The molecule has 1 fully saturated rings. The Bertz CT molecular complexity index is 848. The van der Waals surface area contributed by atoms with Crippen LogP contribution in [-0.2, 0) is 0 Å². The first-order valence-electron chi connectivity index (χ1n) is 9.22. The van der Waals surface area contributed by atoms with E-state index in [4.69, 9.17) is 10.3 Å². The molecular weight excluding hydrogens is 324 g/mol. The van der Waals surface area contributed by atoms with Crippen LogP contribution in [0, 0.1) is 6.92 Å². The summed E-state index contributed by atoms with van der Waals surface area (Å²) >= 11 is 0. The van der Waals surface area contributed by atoms with Gasteiger partial charge in [0.2, 0.25) is 11.7 Å². The highest BCUT2D eigenvalue weighted by Crippen LogP contribution is 2.25. The number of piperidine rings is 1. The zero-order valence-corrected chi connectivity index (χ0v) is 15.1. The van der Waals surface area contributed by atoms with E-state index in [0.29, 0.717) is 11.7 Å². The molecule has 1 aliphatic rings. The molecule has 1 aromatic heterocycles. The van der Waals surface area contributed by atoms with Crippen molar-refractivity contribution in [3.05, 3.63) is 65.5 Å². The van der Waals surface area contributed by atoms with E-state index in [1.165, 1.54) is 30.5 Å². The van der Waals surface area contributed by atoms with Crippen LogP contribution in [-0.4, -0.2) is 23.2 Å². The van der Waals surface area contributed by atoms with Gasteiger partial charge in [-0.1, -0.05) is 35.0 Å². The van der Waals surface area contributed by atoms with Crippen LogP contribution in [0.2, 0.25) is 0 Å². The third-order valence-corrected chi connectivity index (χ3v) is 4.99. The van der Waals surface area contributed by atoms with Crippen molar-refractivity contribution >= 4 is 5.69 Å². The van der Waals surface area contributed by atoms with Gasteiger partial charge in [-0.2, -0.15) is 4.98 Å². The van der Waals surface area contributed by atoms with Gasteiger partial charge < -0.3 is 15.2 Å². The van der Waals surface area contributed by atoms with Crippen molar-refractivity contribution < 1.29 is 4.52 Å². The topological polar surface area (TPSA) is 68.2 Å². The summed E-state index contributed by atoms with van der Waals surface area (Å²) in [6.07, 6.45) is 3.88. The Balaban J connectivity index is 1.51. The Morgan fingerprint density at radius 2 is 1.65 bits per heavy atom. The van der Waals surface area contributed by atoms with Crippen molar-refractivity contribution in [1.29, 1.82) is 0 Å². The zero-order chi connectivity index (χ0) is 17.9. The van der Waals surface area contributed by atoms with E-state index in [1.807, 2.05) is 31.2 Å². The normalized spacial score (nSPS) is 15.8. The van der Waals surface area contributed by atoms with Gasteiger partial charge in [-0.25, -0.2) is 0 Å². The van der Waals surface area contributed by atoms with E-state index >= 15 is 0 Å².